The lowest BCUT2D eigenvalue weighted by Crippen LogP contribution is -2.23. The smallest absolute Gasteiger partial charge is 0.254 e. The lowest BCUT2D eigenvalue weighted by atomic mass is 10.1. The van der Waals surface area contributed by atoms with E-state index in [1.807, 2.05) is 54.6 Å². The number of carbonyl (C=O) groups excluding carboxylic acids is 1. The highest BCUT2D eigenvalue weighted by atomic mass is 16.3. The Bertz CT molecular complexity index is 812. The van der Waals surface area contributed by atoms with Crippen LogP contribution in [0.25, 0.3) is 0 Å². The second kappa shape index (κ2) is 7.57. The molecule has 2 N–H and O–H groups in total. The van der Waals surface area contributed by atoms with E-state index in [9.17, 15) is 9.90 Å². The standard InChI is InChI=1S/C19H19N3O2/c23-14-17-9-5-4-8-16(17)10-20-19(24)18-11-21-22(13-18)12-15-6-2-1-3-7-15/h1-9,11,13,23H,10,12,14H2,(H,20,24). The highest BCUT2D eigenvalue weighted by Gasteiger charge is 2.09. The Morgan fingerprint density at radius 2 is 1.75 bits per heavy atom. The Balaban J connectivity index is 1.61. The van der Waals surface area contributed by atoms with Crippen molar-refractivity contribution in [1.29, 1.82) is 0 Å². The summed E-state index contributed by atoms with van der Waals surface area (Å²) in [6.45, 7) is 0.960. The van der Waals surface area contributed by atoms with Gasteiger partial charge in [0.15, 0.2) is 0 Å². The van der Waals surface area contributed by atoms with E-state index in [1.165, 1.54) is 0 Å². The predicted octanol–water partition coefficient (Wildman–Crippen LogP) is 2.35. The average molecular weight is 321 g/mol. The average Bonchev–Trinajstić information content (AvgIpc) is 3.09. The molecule has 0 bridgehead atoms. The number of benzene rings is 2. The van der Waals surface area contributed by atoms with E-state index in [0.717, 1.165) is 16.7 Å². The maximum atomic E-state index is 12.3. The van der Waals surface area contributed by atoms with Crippen molar-refractivity contribution in [2.45, 2.75) is 19.7 Å². The molecule has 0 unspecified atom stereocenters. The molecule has 1 heterocycles. The van der Waals surface area contributed by atoms with Gasteiger partial charge in [-0.25, -0.2) is 0 Å². The third kappa shape index (κ3) is 3.88. The van der Waals surface area contributed by atoms with Gasteiger partial charge in [0.25, 0.3) is 5.91 Å². The molecule has 0 saturated carbocycles. The number of aromatic nitrogens is 2. The predicted molar refractivity (Wildman–Crippen MR) is 91.3 cm³/mol. The minimum Gasteiger partial charge on any atom is -0.392 e. The third-order valence-corrected chi connectivity index (χ3v) is 3.81. The van der Waals surface area contributed by atoms with Crippen LogP contribution in [-0.2, 0) is 19.7 Å². The Morgan fingerprint density at radius 1 is 1.04 bits per heavy atom. The summed E-state index contributed by atoms with van der Waals surface area (Å²) in [6, 6.07) is 17.5. The fourth-order valence-electron chi connectivity index (χ4n) is 2.50. The van der Waals surface area contributed by atoms with E-state index < -0.39 is 0 Å². The summed E-state index contributed by atoms with van der Waals surface area (Å²) in [5.41, 5.74) is 3.37. The van der Waals surface area contributed by atoms with Gasteiger partial charge in [-0.1, -0.05) is 54.6 Å². The highest BCUT2D eigenvalue weighted by Crippen LogP contribution is 2.09. The lowest BCUT2D eigenvalue weighted by molar-refractivity contribution is 0.0950. The zero-order valence-corrected chi connectivity index (χ0v) is 13.2. The molecule has 122 valence electrons. The Hall–Kier alpha value is -2.92. The summed E-state index contributed by atoms with van der Waals surface area (Å²) in [5.74, 6) is -0.179. The van der Waals surface area contributed by atoms with Crippen LogP contribution in [0.5, 0.6) is 0 Å². The summed E-state index contributed by atoms with van der Waals surface area (Å²) < 4.78 is 1.74. The number of aliphatic hydroxyl groups excluding tert-OH is 1. The molecule has 0 aliphatic heterocycles. The van der Waals surface area contributed by atoms with Gasteiger partial charge in [0.2, 0.25) is 0 Å². The summed E-state index contributed by atoms with van der Waals surface area (Å²) in [4.78, 5) is 12.3. The normalized spacial score (nSPS) is 10.5. The van der Waals surface area contributed by atoms with Gasteiger partial charge >= 0.3 is 0 Å². The largest absolute Gasteiger partial charge is 0.392 e. The lowest BCUT2D eigenvalue weighted by Gasteiger charge is -2.08. The molecule has 0 fully saturated rings. The summed E-state index contributed by atoms with van der Waals surface area (Å²) >= 11 is 0. The quantitative estimate of drug-likeness (QED) is 0.732. The van der Waals surface area contributed by atoms with E-state index in [-0.39, 0.29) is 12.5 Å². The van der Waals surface area contributed by atoms with Gasteiger partial charge in [-0.05, 0) is 16.7 Å². The van der Waals surface area contributed by atoms with Crippen LogP contribution >= 0.6 is 0 Å². The Kier molecular flexibility index (Phi) is 5.03. The van der Waals surface area contributed by atoms with Crippen LogP contribution in [0.4, 0.5) is 0 Å². The van der Waals surface area contributed by atoms with Crippen molar-refractivity contribution in [2.24, 2.45) is 0 Å². The van der Waals surface area contributed by atoms with Gasteiger partial charge in [-0.15, -0.1) is 0 Å². The maximum Gasteiger partial charge on any atom is 0.254 e. The van der Waals surface area contributed by atoms with Crippen LogP contribution in [0.2, 0.25) is 0 Å². The number of rotatable bonds is 6. The summed E-state index contributed by atoms with van der Waals surface area (Å²) in [6.07, 6.45) is 3.30. The van der Waals surface area contributed by atoms with Gasteiger partial charge in [-0.3, -0.25) is 9.48 Å². The molecule has 1 aromatic heterocycles. The van der Waals surface area contributed by atoms with E-state index in [4.69, 9.17) is 0 Å². The molecule has 24 heavy (non-hydrogen) atoms. The van der Waals surface area contributed by atoms with Crippen molar-refractivity contribution < 1.29 is 9.90 Å². The third-order valence-electron chi connectivity index (χ3n) is 3.81. The van der Waals surface area contributed by atoms with Gasteiger partial charge in [-0.2, -0.15) is 5.10 Å². The summed E-state index contributed by atoms with van der Waals surface area (Å²) in [5, 5.41) is 16.4. The van der Waals surface area contributed by atoms with E-state index in [0.29, 0.717) is 18.7 Å². The highest BCUT2D eigenvalue weighted by molar-refractivity contribution is 5.93. The van der Waals surface area contributed by atoms with Crippen LogP contribution < -0.4 is 5.32 Å². The van der Waals surface area contributed by atoms with E-state index in [2.05, 4.69) is 10.4 Å². The van der Waals surface area contributed by atoms with E-state index >= 15 is 0 Å². The minimum absolute atomic E-state index is 0.0406. The van der Waals surface area contributed by atoms with Crippen LogP contribution in [0.3, 0.4) is 0 Å². The topological polar surface area (TPSA) is 67.2 Å². The molecule has 0 radical (unpaired) electrons. The molecule has 0 aliphatic carbocycles. The van der Waals surface area contributed by atoms with Gasteiger partial charge < -0.3 is 10.4 Å². The number of nitrogens with one attached hydrogen (secondary N) is 1. The molecule has 0 spiro atoms. The van der Waals surface area contributed by atoms with Gasteiger partial charge in [0, 0.05) is 12.7 Å². The van der Waals surface area contributed by atoms with Crippen molar-refractivity contribution in [3.8, 4) is 0 Å². The van der Waals surface area contributed by atoms with Crippen molar-refractivity contribution in [3.63, 3.8) is 0 Å². The molecular formula is C19H19N3O2. The van der Waals surface area contributed by atoms with Crippen LogP contribution in [0.1, 0.15) is 27.0 Å². The first kappa shape index (κ1) is 16.0. The van der Waals surface area contributed by atoms with Gasteiger partial charge in [0.05, 0.1) is 24.9 Å². The molecule has 2 aromatic carbocycles. The zero-order valence-electron chi connectivity index (χ0n) is 13.2. The van der Waals surface area contributed by atoms with Crippen molar-refractivity contribution in [2.75, 3.05) is 0 Å². The van der Waals surface area contributed by atoms with Crippen molar-refractivity contribution in [1.82, 2.24) is 15.1 Å². The van der Waals surface area contributed by atoms with Crippen LogP contribution in [-0.4, -0.2) is 20.8 Å². The SMILES string of the molecule is O=C(NCc1ccccc1CO)c1cnn(Cc2ccccc2)c1. The molecule has 0 atom stereocenters. The number of carbonyl (C=O) groups is 1. The number of hydrogen-bond acceptors (Lipinski definition) is 3. The minimum atomic E-state index is -0.179. The second-order valence-corrected chi connectivity index (χ2v) is 5.52. The number of aliphatic hydroxyl groups is 1. The molecule has 0 aliphatic rings. The first-order valence-corrected chi connectivity index (χ1v) is 7.78. The molecule has 3 rings (SSSR count). The summed E-state index contributed by atoms with van der Waals surface area (Å²) in [7, 11) is 0. The molecular weight excluding hydrogens is 302 g/mol. The van der Waals surface area contributed by atoms with Crippen molar-refractivity contribution >= 4 is 5.91 Å². The molecule has 5 heteroatoms. The fraction of sp³-hybridized carbons (Fsp3) is 0.158. The van der Waals surface area contributed by atoms with Crippen LogP contribution in [0.15, 0.2) is 67.0 Å². The number of amides is 1. The van der Waals surface area contributed by atoms with Crippen molar-refractivity contribution in [3.05, 3.63) is 89.2 Å². The van der Waals surface area contributed by atoms with E-state index in [1.54, 1.807) is 17.1 Å². The first-order valence-electron chi connectivity index (χ1n) is 7.78. The zero-order chi connectivity index (χ0) is 16.8. The first-order chi connectivity index (χ1) is 11.8. The molecule has 3 aromatic rings. The molecule has 1 amide bonds. The Morgan fingerprint density at radius 3 is 2.50 bits per heavy atom. The van der Waals surface area contributed by atoms with Crippen LogP contribution in [0, 0.1) is 0 Å². The molecule has 0 saturated heterocycles. The number of hydrogen-bond donors (Lipinski definition) is 2. The maximum absolute atomic E-state index is 12.3. The fourth-order valence-corrected chi connectivity index (χ4v) is 2.50. The Labute approximate surface area is 140 Å². The monoisotopic (exact) mass is 321 g/mol. The second-order valence-electron chi connectivity index (χ2n) is 5.52. The molecule has 5 nitrogen and oxygen atoms in total. The number of nitrogens with zero attached hydrogens (tertiary/aromatic N) is 2. The van der Waals surface area contributed by atoms with Gasteiger partial charge in [0.1, 0.15) is 0 Å².